The lowest BCUT2D eigenvalue weighted by Crippen LogP contribution is -2.38. The van der Waals surface area contributed by atoms with Crippen molar-refractivity contribution in [1.82, 2.24) is 9.97 Å². The molecule has 0 aromatic carbocycles. The Balaban J connectivity index is 2.15. The molecule has 4 heteroatoms. The van der Waals surface area contributed by atoms with Crippen LogP contribution in [0.25, 0.3) is 0 Å². The highest BCUT2D eigenvalue weighted by Gasteiger charge is 2.21. The average molecular weight is 254 g/mol. The van der Waals surface area contributed by atoms with Crippen molar-refractivity contribution in [2.45, 2.75) is 45.1 Å². The lowest BCUT2D eigenvalue weighted by molar-refractivity contribution is 0.416. The van der Waals surface area contributed by atoms with Crippen molar-refractivity contribution in [3.05, 3.63) is 18.1 Å². The lowest BCUT2D eigenvalue weighted by Gasteiger charge is -2.34. The van der Waals surface area contributed by atoms with Crippen molar-refractivity contribution < 1.29 is 0 Å². The molecule has 2 rings (SSSR count). The molecule has 0 saturated heterocycles. The van der Waals surface area contributed by atoms with E-state index in [0.717, 1.165) is 18.2 Å². The zero-order valence-corrected chi connectivity index (χ0v) is 11.2. The van der Waals surface area contributed by atoms with Crippen molar-refractivity contribution in [1.29, 1.82) is 0 Å². The molecule has 1 fully saturated rings. The summed E-state index contributed by atoms with van der Waals surface area (Å²) in [5.41, 5.74) is 0. The molecule has 0 bridgehead atoms. The Kier molecular flexibility index (Phi) is 4.60. The highest BCUT2D eigenvalue weighted by molar-refractivity contribution is 6.18. The quantitative estimate of drug-likeness (QED) is 0.772. The van der Waals surface area contributed by atoms with Crippen LogP contribution in [0.2, 0.25) is 0 Å². The largest absolute Gasteiger partial charge is 0.352 e. The summed E-state index contributed by atoms with van der Waals surface area (Å²) < 4.78 is 0. The SMILES string of the molecule is Cc1nccc(N(CCCl)C2CCCCC2)n1. The van der Waals surface area contributed by atoms with E-state index in [2.05, 4.69) is 14.9 Å². The average Bonchev–Trinajstić information content (AvgIpc) is 2.37. The first kappa shape index (κ1) is 12.6. The van der Waals surface area contributed by atoms with Gasteiger partial charge >= 0.3 is 0 Å². The van der Waals surface area contributed by atoms with Gasteiger partial charge < -0.3 is 4.90 Å². The van der Waals surface area contributed by atoms with Crippen LogP contribution in [-0.2, 0) is 0 Å². The molecule has 1 saturated carbocycles. The van der Waals surface area contributed by atoms with Gasteiger partial charge in [-0.3, -0.25) is 0 Å². The van der Waals surface area contributed by atoms with Crippen LogP contribution in [0.1, 0.15) is 37.9 Å². The topological polar surface area (TPSA) is 29.0 Å². The second-order valence-electron chi connectivity index (χ2n) is 4.64. The first-order valence-corrected chi connectivity index (χ1v) is 6.97. The van der Waals surface area contributed by atoms with Crippen molar-refractivity contribution in [2.75, 3.05) is 17.3 Å². The van der Waals surface area contributed by atoms with Crippen LogP contribution in [0.5, 0.6) is 0 Å². The number of rotatable bonds is 4. The molecule has 0 aliphatic heterocycles. The van der Waals surface area contributed by atoms with Crippen LogP contribution in [-0.4, -0.2) is 28.4 Å². The lowest BCUT2D eigenvalue weighted by atomic mass is 9.94. The summed E-state index contributed by atoms with van der Waals surface area (Å²) >= 11 is 5.92. The van der Waals surface area contributed by atoms with Crippen LogP contribution in [0.4, 0.5) is 5.82 Å². The van der Waals surface area contributed by atoms with Gasteiger partial charge in [-0.15, -0.1) is 11.6 Å². The first-order chi connectivity index (χ1) is 8.31. The maximum atomic E-state index is 5.92. The van der Waals surface area contributed by atoms with Gasteiger partial charge in [0.1, 0.15) is 11.6 Å². The molecule has 17 heavy (non-hydrogen) atoms. The number of aryl methyl sites for hydroxylation is 1. The van der Waals surface area contributed by atoms with Gasteiger partial charge in [-0.25, -0.2) is 9.97 Å². The third-order valence-corrected chi connectivity index (χ3v) is 3.57. The van der Waals surface area contributed by atoms with Crippen LogP contribution in [0.15, 0.2) is 12.3 Å². The molecule has 0 atom stereocenters. The van der Waals surface area contributed by atoms with Crippen molar-refractivity contribution in [2.24, 2.45) is 0 Å². The maximum Gasteiger partial charge on any atom is 0.132 e. The molecular weight excluding hydrogens is 234 g/mol. The molecule has 0 unspecified atom stereocenters. The van der Waals surface area contributed by atoms with Gasteiger partial charge in [-0.1, -0.05) is 19.3 Å². The molecule has 1 aromatic heterocycles. The maximum absolute atomic E-state index is 5.92. The van der Waals surface area contributed by atoms with Crippen molar-refractivity contribution in [3.8, 4) is 0 Å². The fourth-order valence-electron chi connectivity index (χ4n) is 2.57. The Morgan fingerprint density at radius 1 is 1.35 bits per heavy atom. The summed E-state index contributed by atoms with van der Waals surface area (Å²) in [5, 5.41) is 0. The normalized spacial score (nSPS) is 17.1. The molecule has 1 aliphatic carbocycles. The van der Waals surface area contributed by atoms with Crippen LogP contribution in [0, 0.1) is 6.92 Å². The molecule has 1 aromatic rings. The third-order valence-electron chi connectivity index (χ3n) is 3.40. The summed E-state index contributed by atoms with van der Waals surface area (Å²) in [5.74, 6) is 2.52. The zero-order chi connectivity index (χ0) is 12.1. The number of alkyl halides is 1. The highest BCUT2D eigenvalue weighted by Crippen LogP contribution is 2.26. The van der Waals surface area contributed by atoms with E-state index in [1.807, 2.05) is 19.2 Å². The predicted octanol–water partition coefficient (Wildman–Crippen LogP) is 3.16. The van der Waals surface area contributed by atoms with Gasteiger partial charge in [-0.2, -0.15) is 0 Å². The van der Waals surface area contributed by atoms with Crippen molar-refractivity contribution in [3.63, 3.8) is 0 Å². The third kappa shape index (κ3) is 3.32. The fourth-order valence-corrected chi connectivity index (χ4v) is 2.75. The van der Waals surface area contributed by atoms with Gasteiger partial charge in [0.25, 0.3) is 0 Å². The number of hydrogen-bond donors (Lipinski definition) is 0. The number of nitrogens with zero attached hydrogens (tertiary/aromatic N) is 3. The number of anilines is 1. The number of aromatic nitrogens is 2. The van der Waals surface area contributed by atoms with Crippen LogP contribution < -0.4 is 4.90 Å². The predicted molar refractivity (Wildman–Crippen MR) is 71.7 cm³/mol. The molecule has 1 aliphatic rings. The monoisotopic (exact) mass is 253 g/mol. The molecular formula is C13H20ClN3. The van der Waals surface area contributed by atoms with E-state index in [1.54, 1.807) is 0 Å². The standard InChI is InChI=1S/C13H20ClN3/c1-11-15-9-7-13(16-11)17(10-8-14)12-5-3-2-4-6-12/h7,9,12H,2-6,8,10H2,1H3. The van der Waals surface area contributed by atoms with E-state index in [9.17, 15) is 0 Å². The molecule has 0 N–H and O–H groups in total. The highest BCUT2D eigenvalue weighted by atomic mass is 35.5. The number of hydrogen-bond acceptors (Lipinski definition) is 3. The summed E-state index contributed by atoms with van der Waals surface area (Å²) in [7, 11) is 0. The second kappa shape index (κ2) is 6.20. The van der Waals surface area contributed by atoms with Gasteiger partial charge in [-0.05, 0) is 25.8 Å². The Hall–Kier alpha value is -0.830. The van der Waals surface area contributed by atoms with Gasteiger partial charge in [0.2, 0.25) is 0 Å². The summed E-state index contributed by atoms with van der Waals surface area (Å²) in [4.78, 5) is 11.0. The van der Waals surface area contributed by atoms with E-state index in [0.29, 0.717) is 11.9 Å². The van der Waals surface area contributed by atoms with Gasteiger partial charge in [0.05, 0.1) is 0 Å². The summed E-state index contributed by atoms with van der Waals surface area (Å²) in [6.45, 7) is 2.81. The second-order valence-corrected chi connectivity index (χ2v) is 5.01. The smallest absolute Gasteiger partial charge is 0.132 e. The first-order valence-electron chi connectivity index (χ1n) is 6.43. The Labute approximate surface area is 108 Å². The van der Waals surface area contributed by atoms with E-state index < -0.39 is 0 Å². The Morgan fingerprint density at radius 3 is 2.76 bits per heavy atom. The molecule has 0 spiro atoms. The molecule has 0 amide bonds. The Morgan fingerprint density at radius 2 is 2.12 bits per heavy atom. The summed E-state index contributed by atoms with van der Waals surface area (Å²) in [6.07, 6.45) is 8.39. The van der Waals surface area contributed by atoms with E-state index in [1.165, 1.54) is 32.1 Å². The van der Waals surface area contributed by atoms with Gasteiger partial charge in [0, 0.05) is 24.7 Å². The minimum absolute atomic E-state index is 0.608. The van der Waals surface area contributed by atoms with E-state index >= 15 is 0 Å². The van der Waals surface area contributed by atoms with Gasteiger partial charge in [0.15, 0.2) is 0 Å². The summed E-state index contributed by atoms with van der Waals surface area (Å²) in [6, 6.07) is 2.60. The Bertz CT molecular complexity index is 350. The minimum Gasteiger partial charge on any atom is -0.352 e. The van der Waals surface area contributed by atoms with E-state index in [-0.39, 0.29) is 0 Å². The van der Waals surface area contributed by atoms with Crippen LogP contribution in [0.3, 0.4) is 0 Å². The molecule has 0 radical (unpaired) electrons. The number of halogens is 1. The van der Waals surface area contributed by atoms with Crippen LogP contribution >= 0.6 is 11.6 Å². The molecule has 1 heterocycles. The zero-order valence-electron chi connectivity index (χ0n) is 10.4. The molecule has 94 valence electrons. The van der Waals surface area contributed by atoms with Crippen molar-refractivity contribution >= 4 is 17.4 Å². The van der Waals surface area contributed by atoms with E-state index in [4.69, 9.17) is 11.6 Å². The molecule has 3 nitrogen and oxygen atoms in total. The minimum atomic E-state index is 0.608. The fraction of sp³-hybridized carbons (Fsp3) is 0.692.